The van der Waals surface area contributed by atoms with Crippen molar-refractivity contribution in [2.45, 2.75) is 53.5 Å². The van der Waals surface area contributed by atoms with E-state index in [1.807, 2.05) is 0 Å². The molecule has 0 aliphatic rings. The van der Waals surface area contributed by atoms with Crippen LogP contribution < -0.4 is 5.32 Å². The third-order valence-electron chi connectivity index (χ3n) is 4.48. The van der Waals surface area contributed by atoms with Crippen molar-refractivity contribution >= 4 is 11.0 Å². The summed E-state index contributed by atoms with van der Waals surface area (Å²) in [7, 11) is 0. The number of nitrogens with one attached hydrogen (secondary N) is 1. The minimum atomic E-state index is 0.177. The Bertz CT molecular complexity index is 589. The van der Waals surface area contributed by atoms with Crippen molar-refractivity contribution in [2.24, 2.45) is 5.41 Å². The zero-order chi connectivity index (χ0) is 16.3. The summed E-state index contributed by atoms with van der Waals surface area (Å²) < 4.78 is 6.01. The lowest BCUT2D eigenvalue weighted by atomic mass is 9.87. The van der Waals surface area contributed by atoms with Gasteiger partial charge in [0.1, 0.15) is 11.3 Å². The van der Waals surface area contributed by atoms with Gasteiger partial charge in [-0.2, -0.15) is 0 Å². The highest BCUT2D eigenvalue weighted by Crippen LogP contribution is 2.28. The quantitative estimate of drug-likeness (QED) is 0.791. The topological polar surface area (TPSA) is 45.4 Å². The Hall–Kier alpha value is -1.32. The zero-order valence-electron chi connectivity index (χ0n) is 14.5. The Morgan fingerprint density at radius 3 is 2.55 bits per heavy atom. The van der Waals surface area contributed by atoms with Gasteiger partial charge in [-0.25, -0.2) is 0 Å². The van der Waals surface area contributed by atoms with Crippen molar-refractivity contribution in [3.05, 3.63) is 35.1 Å². The van der Waals surface area contributed by atoms with Crippen molar-refractivity contribution < 1.29 is 9.52 Å². The van der Waals surface area contributed by atoms with Crippen molar-refractivity contribution in [2.75, 3.05) is 13.2 Å². The van der Waals surface area contributed by atoms with E-state index in [1.54, 1.807) is 0 Å². The number of rotatable bonds is 7. The molecule has 0 aliphatic heterocycles. The van der Waals surface area contributed by atoms with Crippen LogP contribution in [0, 0.1) is 19.3 Å². The largest absolute Gasteiger partial charge is 0.459 e. The van der Waals surface area contributed by atoms with Crippen LogP contribution in [0.5, 0.6) is 0 Å². The molecular formula is C19H29NO2. The molecule has 0 radical (unpaired) electrons. The van der Waals surface area contributed by atoms with Crippen LogP contribution in [0.2, 0.25) is 0 Å². The van der Waals surface area contributed by atoms with Gasteiger partial charge in [-0.1, -0.05) is 13.8 Å². The second-order valence-corrected chi connectivity index (χ2v) is 7.22. The number of aliphatic hydroxyl groups excluding tert-OH is 1. The SMILES string of the molecule is Cc1cc2cc(C(C)NCC(C)(C)CCCO)oc2cc1C. The molecule has 0 saturated heterocycles. The molecule has 3 nitrogen and oxygen atoms in total. The molecule has 1 unspecified atom stereocenters. The maximum Gasteiger partial charge on any atom is 0.134 e. The molecule has 0 amide bonds. The van der Waals surface area contributed by atoms with Crippen LogP contribution in [0.3, 0.4) is 0 Å². The van der Waals surface area contributed by atoms with E-state index in [4.69, 9.17) is 9.52 Å². The van der Waals surface area contributed by atoms with E-state index >= 15 is 0 Å². The maximum atomic E-state index is 8.97. The fourth-order valence-corrected chi connectivity index (χ4v) is 2.71. The average Bonchev–Trinajstić information content (AvgIpc) is 2.86. The van der Waals surface area contributed by atoms with Crippen LogP contribution in [0.1, 0.15) is 56.5 Å². The maximum absolute atomic E-state index is 8.97. The lowest BCUT2D eigenvalue weighted by Gasteiger charge is -2.26. The first kappa shape index (κ1) is 17.0. The van der Waals surface area contributed by atoms with Crippen LogP contribution >= 0.6 is 0 Å². The smallest absolute Gasteiger partial charge is 0.134 e. The van der Waals surface area contributed by atoms with E-state index in [2.05, 4.69) is 58.1 Å². The number of fused-ring (bicyclic) bond motifs is 1. The Balaban J connectivity index is 2.05. The molecule has 3 heteroatoms. The Labute approximate surface area is 133 Å². The summed E-state index contributed by atoms with van der Waals surface area (Å²) in [4.78, 5) is 0. The van der Waals surface area contributed by atoms with Gasteiger partial charge in [0.2, 0.25) is 0 Å². The van der Waals surface area contributed by atoms with Gasteiger partial charge in [0.05, 0.1) is 6.04 Å². The lowest BCUT2D eigenvalue weighted by molar-refractivity contribution is 0.231. The van der Waals surface area contributed by atoms with Crippen LogP contribution in [0.4, 0.5) is 0 Å². The Morgan fingerprint density at radius 1 is 1.18 bits per heavy atom. The Morgan fingerprint density at radius 2 is 1.86 bits per heavy atom. The van der Waals surface area contributed by atoms with Crippen molar-refractivity contribution in [1.82, 2.24) is 5.32 Å². The summed E-state index contributed by atoms with van der Waals surface area (Å²) in [5.74, 6) is 0.984. The van der Waals surface area contributed by atoms with E-state index in [0.717, 1.165) is 30.7 Å². The van der Waals surface area contributed by atoms with Crippen molar-refractivity contribution in [3.8, 4) is 0 Å². The first-order valence-corrected chi connectivity index (χ1v) is 8.17. The van der Waals surface area contributed by atoms with Crippen LogP contribution in [0.15, 0.2) is 22.6 Å². The molecule has 22 heavy (non-hydrogen) atoms. The molecule has 0 bridgehead atoms. The number of hydrogen-bond donors (Lipinski definition) is 2. The molecule has 0 fully saturated rings. The summed E-state index contributed by atoms with van der Waals surface area (Å²) in [6, 6.07) is 6.63. The predicted molar refractivity (Wildman–Crippen MR) is 92.2 cm³/mol. The summed E-state index contributed by atoms with van der Waals surface area (Å²) in [5, 5.41) is 13.7. The van der Waals surface area contributed by atoms with Gasteiger partial charge in [0, 0.05) is 18.5 Å². The number of hydrogen-bond acceptors (Lipinski definition) is 3. The van der Waals surface area contributed by atoms with Crippen LogP contribution in [0.25, 0.3) is 11.0 Å². The van der Waals surface area contributed by atoms with Gasteiger partial charge in [0.15, 0.2) is 0 Å². The van der Waals surface area contributed by atoms with Gasteiger partial charge in [-0.3, -0.25) is 0 Å². The third kappa shape index (κ3) is 4.11. The summed E-state index contributed by atoms with van der Waals surface area (Å²) in [6.07, 6.45) is 1.87. The minimum absolute atomic E-state index is 0.177. The average molecular weight is 303 g/mol. The molecule has 0 spiro atoms. The monoisotopic (exact) mass is 303 g/mol. The molecular weight excluding hydrogens is 274 g/mol. The second kappa shape index (κ2) is 6.84. The highest BCUT2D eigenvalue weighted by Gasteiger charge is 2.20. The number of aryl methyl sites for hydroxylation is 2. The molecule has 2 rings (SSSR count). The summed E-state index contributed by atoms with van der Waals surface area (Å²) in [6.45, 7) is 12.0. The first-order valence-electron chi connectivity index (χ1n) is 8.17. The third-order valence-corrected chi connectivity index (χ3v) is 4.48. The molecule has 122 valence electrons. The fraction of sp³-hybridized carbons (Fsp3) is 0.579. The van der Waals surface area contributed by atoms with Gasteiger partial charge in [0.25, 0.3) is 0 Å². The lowest BCUT2D eigenvalue weighted by Crippen LogP contribution is -2.31. The van der Waals surface area contributed by atoms with Crippen molar-refractivity contribution in [1.29, 1.82) is 0 Å². The molecule has 2 N–H and O–H groups in total. The van der Waals surface area contributed by atoms with E-state index in [9.17, 15) is 0 Å². The van der Waals surface area contributed by atoms with Gasteiger partial charge in [-0.15, -0.1) is 0 Å². The molecule has 1 aromatic heterocycles. The van der Waals surface area contributed by atoms with Crippen LogP contribution in [-0.4, -0.2) is 18.3 Å². The molecule has 0 saturated carbocycles. The zero-order valence-corrected chi connectivity index (χ0v) is 14.5. The molecule has 1 heterocycles. The normalized spacial score (nSPS) is 13.7. The van der Waals surface area contributed by atoms with E-state index < -0.39 is 0 Å². The highest BCUT2D eigenvalue weighted by atomic mass is 16.3. The number of furan rings is 1. The summed E-state index contributed by atoms with van der Waals surface area (Å²) >= 11 is 0. The number of aliphatic hydroxyl groups is 1. The minimum Gasteiger partial charge on any atom is -0.459 e. The fourth-order valence-electron chi connectivity index (χ4n) is 2.71. The standard InChI is InChI=1S/C19H29NO2/c1-13-9-16-11-17(22-18(16)10-14(13)2)15(3)20-12-19(4,5)7-6-8-21/h9-11,15,20-21H,6-8,12H2,1-5H3. The molecule has 2 aromatic rings. The second-order valence-electron chi connectivity index (χ2n) is 7.22. The number of benzene rings is 1. The van der Waals surface area contributed by atoms with Gasteiger partial charge in [-0.05, 0) is 68.4 Å². The van der Waals surface area contributed by atoms with E-state index in [0.29, 0.717) is 0 Å². The molecule has 1 aromatic carbocycles. The van der Waals surface area contributed by atoms with Gasteiger partial charge < -0.3 is 14.8 Å². The van der Waals surface area contributed by atoms with Crippen molar-refractivity contribution in [3.63, 3.8) is 0 Å². The highest BCUT2D eigenvalue weighted by molar-refractivity contribution is 5.79. The van der Waals surface area contributed by atoms with Crippen LogP contribution in [-0.2, 0) is 0 Å². The predicted octanol–water partition coefficient (Wildman–Crippen LogP) is 4.50. The first-order chi connectivity index (χ1) is 10.3. The molecule has 1 atom stereocenters. The van der Waals surface area contributed by atoms with Gasteiger partial charge >= 0.3 is 0 Å². The molecule has 0 aliphatic carbocycles. The Kier molecular flexibility index (Phi) is 5.30. The van der Waals surface area contributed by atoms with E-state index in [1.165, 1.54) is 16.5 Å². The van der Waals surface area contributed by atoms with E-state index in [-0.39, 0.29) is 18.1 Å². The summed E-state index contributed by atoms with van der Waals surface area (Å²) in [5.41, 5.74) is 3.70.